The van der Waals surface area contributed by atoms with Crippen molar-refractivity contribution in [2.24, 2.45) is 0 Å². The smallest absolute Gasteiger partial charge is 0.273 e. The van der Waals surface area contributed by atoms with Gasteiger partial charge in [-0.1, -0.05) is 18.2 Å². The predicted octanol–water partition coefficient (Wildman–Crippen LogP) is 4.37. The van der Waals surface area contributed by atoms with Crippen LogP contribution in [0.4, 0.5) is 14.5 Å². The first-order chi connectivity index (χ1) is 19.6. The Morgan fingerprint density at radius 2 is 1.71 bits per heavy atom. The molecule has 41 heavy (non-hydrogen) atoms. The van der Waals surface area contributed by atoms with E-state index in [1.165, 1.54) is 12.1 Å². The molecule has 0 spiro atoms. The molecule has 216 valence electrons. The van der Waals surface area contributed by atoms with Gasteiger partial charge in [-0.15, -0.1) is 0 Å². The number of methoxy groups -OCH3 is 1. The molecule has 1 aliphatic rings. The number of nitrogens with zero attached hydrogens (tertiary/aromatic N) is 5. The fourth-order valence-electron chi connectivity index (χ4n) is 5.30. The number of para-hydroxylation sites is 1. The molecule has 2 heterocycles. The number of fused-ring (bicyclic) bond motifs is 1. The van der Waals surface area contributed by atoms with Crippen LogP contribution in [-0.2, 0) is 11.2 Å². The molecular formula is C31H36F2N6O2. The lowest BCUT2D eigenvalue weighted by atomic mass is 10.0. The minimum Gasteiger partial charge on any atom is -0.382 e. The fraction of sp³-hybridized carbons (Fsp3) is 0.355. The molecule has 5 rings (SSSR count). The molecule has 3 aromatic carbocycles. The monoisotopic (exact) mass is 562 g/mol. The molecule has 1 aliphatic heterocycles. The van der Waals surface area contributed by atoms with E-state index >= 15 is 0 Å². The van der Waals surface area contributed by atoms with E-state index in [1.54, 1.807) is 23.2 Å². The van der Waals surface area contributed by atoms with Gasteiger partial charge in [0.1, 0.15) is 11.6 Å². The van der Waals surface area contributed by atoms with Crippen LogP contribution in [-0.4, -0.2) is 73.2 Å². The number of halogens is 2. The zero-order valence-electron chi connectivity index (χ0n) is 23.9. The number of ether oxygens (including phenoxy) is 1. The summed E-state index contributed by atoms with van der Waals surface area (Å²) in [5.74, 6) is -1.46. The number of aromatic nitrogens is 2. The third-order valence-electron chi connectivity index (χ3n) is 7.40. The second-order valence-corrected chi connectivity index (χ2v) is 11.2. The van der Waals surface area contributed by atoms with Crippen LogP contribution in [0.3, 0.4) is 0 Å². The minimum atomic E-state index is -0.677. The highest BCUT2D eigenvalue weighted by molar-refractivity contribution is 6.00. The van der Waals surface area contributed by atoms with E-state index in [0.29, 0.717) is 24.2 Å². The van der Waals surface area contributed by atoms with Gasteiger partial charge in [0.05, 0.1) is 29.4 Å². The third kappa shape index (κ3) is 6.34. The Balaban J connectivity index is 1.45. The van der Waals surface area contributed by atoms with Crippen molar-refractivity contribution in [3.05, 3.63) is 95.2 Å². The predicted molar refractivity (Wildman–Crippen MR) is 157 cm³/mol. The van der Waals surface area contributed by atoms with Gasteiger partial charge in [-0.2, -0.15) is 15.0 Å². The van der Waals surface area contributed by atoms with E-state index in [-0.39, 0.29) is 5.91 Å². The highest BCUT2D eigenvalue weighted by Crippen LogP contribution is 2.25. The molecule has 1 fully saturated rings. The molecule has 1 N–H and O–H groups in total. The topological polar surface area (TPSA) is 65.9 Å². The Kier molecular flexibility index (Phi) is 8.23. The number of carbonyl (C=O) groups excluding carboxylic acids is 1. The summed E-state index contributed by atoms with van der Waals surface area (Å²) in [5, 5.41) is 7.15. The van der Waals surface area contributed by atoms with Gasteiger partial charge in [-0.3, -0.25) is 4.79 Å². The molecule has 8 nitrogen and oxygen atoms in total. The largest absolute Gasteiger partial charge is 0.382 e. The molecular weight excluding hydrogens is 526 g/mol. The van der Waals surface area contributed by atoms with Gasteiger partial charge in [0.25, 0.3) is 5.91 Å². The first kappa shape index (κ1) is 28.5. The van der Waals surface area contributed by atoms with Gasteiger partial charge in [-0.25, -0.2) is 14.2 Å². The van der Waals surface area contributed by atoms with Crippen LogP contribution < -0.4 is 15.4 Å². The van der Waals surface area contributed by atoms with Crippen molar-refractivity contribution in [2.45, 2.75) is 25.8 Å². The molecule has 1 saturated heterocycles. The van der Waals surface area contributed by atoms with E-state index in [9.17, 15) is 13.6 Å². The van der Waals surface area contributed by atoms with Gasteiger partial charge >= 0.3 is 0 Å². The normalized spacial score (nSPS) is 14.4. The molecule has 0 radical (unpaired) electrons. The van der Waals surface area contributed by atoms with Crippen LogP contribution in [0.1, 0.15) is 35.3 Å². The summed E-state index contributed by atoms with van der Waals surface area (Å²) in [6, 6.07) is 16.9. The van der Waals surface area contributed by atoms with Crippen LogP contribution in [0.25, 0.3) is 10.9 Å². The molecule has 4 aromatic rings. The first-order valence-corrected chi connectivity index (χ1v) is 13.7. The molecule has 1 aromatic heterocycles. The number of rotatable bonds is 9. The number of hydrazine groups is 1. The number of hydrogen-bond donors (Lipinski definition) is 1. The zero-order chi connectivity index (χ0) is 29.1. The standard InChI is InChI=1S/C31H36F2N6O2/c1-31(2,21-41-4)39(35-30(40)27-7-5-6-8-29(27)37-13-11-36(3)12-14-37)38-28-10-9-22(16-24(28)20-34-38)15-23-17-25(32)19-26(33)18-23/h5-10,16-20H,11-15,21H2,1-4H3,(H,35,40). The Labute approximate surface area is 239 Å². The van der Waals surface area contributed by atoms with Gasteiger partial charge in [0.2, 0.25) is 0 Å². The average molecular weight is 563 g/mol. The third-order valence-corrected chi connectivity index (χ3v) is 7.40. The van der Waals surface area contributed by atoms with E-state index in [1.807, 2.05) is 56.3 Å². The van der Waals surface area contributed by atoms with Crippen LogP contribution in [0.2, 0.25) is 0 Å². The molecule has 10 heteroatoms. The van der Waals surface area contributed by atoms with Gasteiger partial charge < -0.3 is 14.5 Å². The fourth-order valence-corrected chi connectivity index (χ4v) is 5.30. The zero-order valence-corrected chi connectivity index (χ0v) is 23.9. The lowest BCUT2D eigenvalue weighted by Crippen LogP contribution is -2.62. The maximum atomic E-state index is 13.8. The Morgan fingerprint density at radius 1 is 1.00 bits per heavy atom. The van der Waals surface area contributed by atoms with Crippen LogP contribution in [0.5, 0.6) is 0 Å². The van der Waals surface area contributed by atoms with E-state index in [4.69, 9.17) is 4.74 Å². The summed E-state index contributed by atoms with van der Waals surface area (Å²) in [6.07, 6.45) is 2.08. The van der Waals surface area contributed by atoms with Crippen molar-refractivity contribution >= 4 is 22.5 Å². The lowest BCUT2D eigenvalue weighted by Gasteiger charge is -2.39. The van der Waals surface area contributed by atoms with Crippen molar-refractivity contribution in [3.63, 3.8) is 0 Å². The molecule has 0 aliphatic carbocycles. The van der Waals surface area contributed by atoms with Crippen molar-refractivity contribution in [2.75, 3.05) is 57.0 Å². The maximum Gasteiger partial charge on any atom is 0.273 e. The van der Waals surface area contributed by atoms with Gasteiger partial charge in [-0.05, 0) is 74.8 Å². The minimum absolute atomic E-state index is 0.253. The van der Waals surface area contributed by atoms with Gasteiger partial charge in [0.15, 0.2) is 0 Å². The van der Waals surface area contributed by atoms with Gasteiger partial charge in [0, 0.05) is 50.4 Å². The number of anilines is 1. The summed E-state index contributed by atoms with van der Waals surface area (Å²) in [6.45, 7) is 7.78. The van der Waals surface area contributed by atoms with E-state index < -0.39 is 17.2 Å². The second kappa shape index (κ2) is 11.8. The highest BCUT2D eigenvalue weighted by atomic mass is 19.1. The highest BCUT2D eigenvalue weighted by Gasteiger charge is 2.32. The quantitative estimate of drug-likeness (QED) is 0.306. The number of nitrogens with one attached hydrogen (secondary N) is 1. The summed E-state index contributed by atoms with van der Waals surface area (Å²) in [7, 11) is 3.72. The van der Waals surface area contributed by atoms with Crippen molar-refractivity contribution in [1.82, 2.24) is 20.2 Å². The van der Waals surface area contributed by atoms with Crippen molar-refractivity contribution in [1.29, 1.82) is 0 Å². The van der Waals surface area contributed by atoms with Crippen molar-refractivity contribution < 1.29 is 18.3 Å². The van der Waals surface area contributed by atoms with E-state index in [0.717, 1.165) is 54.4 Å². The number of carbonyl (C=O) groups is 1. The molecule has 1 amide bonds. The SMILES string of the molecule is COCC(C)(C)N(NC(=O)c1ccccc1N1CCN(C)CC1)n1ncc2cc(Cc3cc(F)cc(F)c3)ccc21. The summed E-state index contributed by atoms with van der Waals surface area (Å²) in [5.41, 5.74) is 6.09. The molecule has 0 saturated carbocycles. The summed E-state index contributed by atoms with van der Waals surface area (Å²) >= 11 is 0. The first-order valence-electron chi connectivity index (χ1n) is 13.7. The summed E-state index contributed by atoms with van der Waals surface area (Å²) in [4.78, 5) is 20.0. The molecule has 0 unspecified atom stereocenters. The maximum absolute atomic E-state index is 13.8. The number of likely N-dealkylation sites (N-methyl/N-ethyl adjacent to an activating group) is 1. The number of hydrogen-bond acceptors (Lipinski definition) is 6. The Hall–Kier alpha value is -4.02. The number of amides is 1. The Bertz CT molecular complexity index is 1510. The lowest BCUT2D eigenvalue weighted by molar-refractivity contribution is 0.0850. The Morgan fingerprint density at radius 3 is 2.41 bits per heavy atom. The summed E-state index contributed by atoms with van der Waals surface area (Å²) < 4.78 is 32.9. The number of piperazine rings is 1. The molecule has 0 atom stereocenters. The van der Waals surface area contributed by atoms with Crippen molar-refractivity contribution in [3.8, 4) is 0 Å². The average Bonchev–Trinajstić information content (AvgIpc) is 3.34. The molecule has 0 bridgehead atoms. The number of benzene rings is 3. The van der Waals surface area contributed by atoms with Crippen LogP contribution in [0, 0.1) is 11.6 Å². The van der Waals surface area contributed by atoms with E-state index in [2.05, 4.69) is 27.4 Å². The van der Waals surface area contributed by atoms with Crippen LogP contribution >= 0.6 is 0 Å². The van der Waals surface area contributed by atoms with Crippen LogP contribution in [0.15, 0.2) is 66.9 Å². The second-order valence-electron chi connectivity index (χ2n) is 11.2.